The lowest BCUT2D eigenvalue weighted by Crippen LogP contribution is -2.21. The number of aryl methyl sites for hydroxylation is 1. The summed E-state index contributed by atoms with van der Waals surface area (Å²) >= 11 is 1.78. The van der Waals surface area contributed by atoms with Gasteiger partial charge >= 0.3 is 0 Å². The average Bonchev–Trinajstić information content (AvgIpc) is 3.01. The van der Waals surface area contributed by atoms with Gasteiger partial charge in [-0.1, -0.05) is 30.3 Å². The third-order valence-corrected chi connectivity index (χ3v) is 5.48. The molecule has 2 aromatic carbocycles. The number of thioether (sulfide) groups is 1. The van der Waals surface area contributed by atoms with Crippen molar-refractivity contribution in [2.45, 2.75) is 25.2 Å². The second-order valence-electron chi connectivity index (χ2n) is 6.72. The van der Waals surface area contributed by atoms with Crippen LogP contribution in [-0.2, 0) is 17.2 Å². The molecule has 0 unspecified atom stereocenters. The third kappa shape index (κ3) is 4.22. The van der Waals surface area contributed by atoms with Crippen LogP contribution in [0.1, 0.15) is 28.2 Å². The van der Waals surface area contributed by atoms with Crippen LogP contribution < -0.4 is 10.1 Å². The Bertz CT molecular complexity index is 778. The highest BCUT2D eigenvalue weighted by molar-refractivity contribution is 7.97. The maximum atomic E-state index is 12.4. The molecule has 138 valence electrons. The van der Waals surface area contributed by atoms with E-state index in [0.29, 0.717) is 13.2 Å². The van der Waals surface area contributed by atoms with Gasteiger partial charge < -0.3 is 15.2 Å². The number of carbonyl (C=O) groups excluding carboxylic acids is 1. The molecule has 5 heteroatoms. The second-order valence-corrected chi connectivity index (χ2v) is 7.58. The van der Waals surface area contributed by atoms with E-state index < -0.39 is 0 Å². The lowest BCUT2D eigenvalue weighted by Gasteiger charge is -2.19. The molecule has 1 heterocycles. The number of amides is 1. The molecule has 0 bridgehead atoms. The van der Waals surface area contributed by atoms with E-state index in [2.05, 4.69) is 23.7 Å². The first kappa shape index (κ1) is 18.8. The third-order valence-electron chi connectivity index (χ3n) is 4.86. The maximum Gasteiger partial charge on any atom is 0.228 e. The van der Waals surface area contributed by atoms with Crippen molar-refractivity contribution in [3.63, 3.8) is 0 Å². The van der Waals surface area contributed by atoms with Crippen molar-refractivity contribution in [1.82, 2.24) is 5.32 Å². The SMILES string of the molecule is CSCc1cccc([C@H]2C(=O)NC[C@@H]2COc2ccc(CO)c(C)c2)c1. The number of hydrogen-bond acceptors (Lipinski definition) is 4. The van der Waals surface area contributed by atoms with Crippen molar-refractivity contribution in [1.29, 1.82) is 0 Å². The Kier molecular flexibility index (Phi) is 6.22. The van der Waals surface area contributed by atoms with Crippen LogP contribution in [-0.4, -0.2) is 30.4 Å². The molecule has 2 atom stereocenters. The number of ether oxygens (including phenoxy) is 1. The van der Waals surface area contributed by atoms with Crippen molar-refractivity contribution in [2.75, 3.05) is 19.4 Å². The fraction of sp³-hybridized carbons (Fsp3) is 0.381. The maximum absolute atomic E-state index is 12.4. The zero-order valence-corrected chi connectivity index (χ0v) is 16.0. The molecular formula is C21H25NO3S. The molecule has 1 amide bonds. The summed E-state index contributed by atoms with van der Waals surface area (Å²) in [5.74, 6) is 1.72. The van der Waals surface area contributed by atoms with Gasteiger partial charge in [0.15, 0.2) is 0 Å². The first-order chi connectivity index (χ1) is 12.6. The largest absolute Gasteiger partial charge is 0.493 e. The minimum Gasteiger partial charge on any atom is -0.493 e. The highest BCUT2D eigenvalue weighted by Crippen LogP contribution is 2.31. The Morgan fingerprint density at radius 1 is 1.27 bits per heavy atom. The van der Waals surface area contributed by atoms with Crippen LogP contribution in [0.15, 0.2) is 42.5 Å². The topological polar surface area (TPSA) is 58.6 Å². The smallest absolute Gasteiger partial charge is 0.228 e. The molecule has 0 spiro atoms. The quantitative estimate of drug-likeness (QED) is 0.784. The van der Waals surface area contributed by atoms with E-state index >= 15 is 0 Å². The summed E-state index contributed by atoms with van der Waals surface area (Å²) < 4.78 is 5.97. The van der Waals surface area contributed by atoms with E-state index in [1.165, 1.54) is 5.56 Å². The second kappa shape index (κ2) is 8.60. The standard InChI is InChI=1S/C21H25NO3S/c1-14-8-19(7-6-17(14)11-23)25-12-18-10-22-21(24)20(18)16-5-3-4-15(9-16)13-26-2/h3-9,18,20,23H,10-13H2,1-2H3,(H,22,24)/t18-,20-/m1/s1. The van der Waals surface area contributed by atoms with Gasteiger partial charge in [-0.2, -0.15) is 11.8 Å². The van der Waals surface area contributed by atoms with Gasteiger partial charge in [-0.15, -0.1) is 0 Å². The molecule has 0 aliphatic carbocycles. The fourth-order valence-corrected chi connectivity index (χ4v) is 3.95. The fourth-order valence-electron chi connectivity index (χ4n) is 3.43. The van der Waals surface area contributed by atoms with Gasteiger partial charge in [0.25, 0.3) is 0 Å². The lowest BCUT2D eigenvalue weighted by atomic mass is 9.88. The van der Waals surface area contributed by atoms with Gasteiger partial charge in [0, 0.05) is 18.2 Å². The van der Waals surface area contributed by atoms with Gasteiger partial charge in [0.1, 0.15) is 5.75 Å². The van der Waals surface area contributed by atoms with E-state index in [9.17, 15) is 9.90 Å². The summed E-state index contributed by atoms with van der Waals surface area (Å²) in [6.45, 7) is 3.10. The van der Waals surface area contributed by atoms with Crippen LogP contribution in [0.5, 0.6) is 5.75 Å². The number of benzene rings is 2. The van der Waals surface area contributed by atoms with E-state index in [1.807, 2.05) is 37.3 Å². The van der Waals surface area contributed by atoms with E-state index in [-0.39, 0.29) is 24.3 Å². The number of carbonyl (C=O) groups is 1. The Balaban J connectivity index is 1.72. The molecule has 2 N–H and O–H groups in total. The van der Waals surface area contributed by atoms with Crippen LogP contribution >= 0.6 is 11.8 Å². The molecule has 1 fully saturated rings. The molecule has 26 heavy (non-hydrogen) atoms. The molecule has 0 aromatic heterocycles. The zero-order chi connectivity index (χ0) is 18.5. The van der Waals surface area contributed by atoms with Gasteiger partial charge in [-0.3, -0.25) is 4.79 Å². The Labute approximate surface area is 159 Å². The van der Waals surface area contributed by atoms with Crippen LogP contribution in [0, 0.1) is 12.8 Å². The Morgan fingerprint density at radius 2 is 2.12 bits per heavy atom. The molecular weight excluding hydrogens is 346 g/mol. The molecule has 3 rings (SSSR count). The number of hydrogen-bond donors (Lipinski definition) is 2. The minimum atomic E-state index is -0.172. The number of aliphatic hydroxyl groups is 1. The van der Waals surface area contributed by atoms with Crippen LogP contribution in [0.25, 0.3) is 0 Å². The number of aliphatic hydroxyl groups excluding tert-OH is 1. The van der Waals surface area contributed by atoms with Crippen molar-refractivity contribution >= 4 is 17.7 Å². The minimum absolute atomic E-state index is 0.0294. The summed E-state index contributed by atoms with van der Waals surface area (Å²) in [7, 11) is 0. The molecule has 1 aliphatic rings. The monoisotopic (exact) mass is 371 g/mol. The van der Waals surface area contributed by atoms with Gasteiger partial charge in [-0.05, 0) is 47.6 Å². The molecule has 1 saturated heterocycles. The summed E-state index contributed by atoms with van der Waals surface area (Å²) in [4.78, 5) is 12.4. The summed E-state index contributed by atoms with van der Waals surface area (Å²) in [6, 6.07) is 14.0. The molecule has 0 radical (unpaired) electrons. The Hall–Kier alpha value is -1.98. The highest BCUT2D eigenvalue weighted by atomic mass is 32.2. The Morgan fingerprint density at radius 3 is 2.85 bits per heavy atom. The normalized spacial score (nSPS) is 19.4. The van der Waals surface area contributed by atoms with Crippen LogP contribution in [0.2, 0.25) is 0 Å². The van der Waals surface area contributed by atoms with E-state index in [0.717, 1.165) is 28.2 Å². The van der Waals surface area contributed by atoms with Crippen molar-refractivity contribution in [3.05, 3.63) is 64.7 Å². The molecule has 1 aliphatic heterocycles. The van der Waals surface area contributed by atoms with Crippen LogP contribution in [0.3, 0.4) is 0 Å². The number of rotatable bonds is 7. The zero-order valence-electron chi connectivity index (χ0n) is 15.2. The van der Waals surface area contributed by atoms with Gasteiger partial charge in [0.05, 0.1) is 19.1 Å². The lowest BCUT2D eigenvalue weighted by molar-refractivity contribution is -0.120. The summed E-state index contributed by atoms with van der Waals surface area (Å²) in [5, 5.41) is 12.3. The molecule has 0 saturated carbocycles. The van der Waals surface area contributed by atoms with Crippen molar-refractivity contribution < 1.29 is 14.6 Å². The predicted octanol–water partition coefficient (Wildman–Crippen LogP) is 3.26. The van der Waals surface area contributed by atoms with Crippen molar-refractivity contribution in [2.24, 2.45) is 5.92 Å². The average molecular weight is 372 g/mol. The summed E-state index contributed by atoms with van der Waals surface area (Å²) in [6.07, 6.45) is 2.08. The highest BCUT2D eigenvalue weighted by Gasteiger charge is 2.36. The summed E-state index contributed by atoms with van der Waals surface area (Å²) in [5.41, 5.74) is 4.21. The first-order valence-corrected chi connectivity index (χ1v) is 10.2. The van der Waals surface area contributed by atoms with Gasteiger partial charge in [-0.25, -0.2) is 0 Å². The van der Waals surface area contributed by atoms with Crippen molar-refractivity contribution in [3.8, 4) is 5.75 Å². The van der Waals surface area contributed by atoms with E-state index in [4.69, 9.17) is 4.74 Å². The van der Waals surface area contributed by atoms with Crippen LogP contribution in [0.4, 0.5) is 0 Å². The molecule has 2 aromatic rings. The number of nitrogens with one attached hydrogen (secondary N) is 1. The van der Waals surface area contributed by atoms with Gasteiger partial charge in [0.2, 0.25) is 5.91 Å². The van der Waals surface area contributed by atoms with E-state index in [1.54, 1.807) is 11.8 Å². The first-order valence-electron chi connectivity index (χ1n) is 8.81. The predicted molar refractivity (Wildman–Crippen MR) is 105 cm³/mol. The molecule has 4 nitrogen and oxygen atoms in total.